The lowest BCUT2D eigenvalue weighted by atomic mass is 10.2. The van der Waals surface area contributed by atoms with Crippen molar-refractivity contribution in [3.05, 3.63) is 59.8 Å². The molecule has 0 spiro atoms. The zero-order valence-corrected chi connectivity index (χ0v) is 9.60. The molecule has 0 fully saturated rings. The minimum Gasteiger partial charge on any atom is -0.296 e. The number of aromatic nitrogens is 1. The van der Waals surface area contributed by atoms with Crippen molar-refractivity contribution in [2.75, 3.05) is 11.9 Å². The second-order valence-corrected chi connectivity index (χ2v) is 3.65. The standard InChI is InChI=1S/C13H10F2N2O/c1-17(11-7-2-3-8-16-11)13(18)9-5-4-6-10(14)12(9)15/h2-8H,1H3. The van der Waals surface area contributed by atoms with E-state index in [1.54, 1.807) is 18.2 Å². The number of carbonyl (C=O) groups is 1. The zero-order valence-electron chi connectivity index (χ0n) is 9.60. The van der Waals surface area contributed by atoms with Gasteiger partial charge in [-0.3, -0.25) is 9.69 Å². The lowest BCUT2D eigenvalue weighted by Gasteiger charge is -2.16. The maximum absolute atomic E-state index is 13.5. The maximum Gasteiger partial charge on any atom is 0.262 e. The van der Waals surface area contributed by atoms with Crippen LogP contribution in [-0.2, 0) is 0 Å². The maximum atomic E-state index is 13.5. The minimum absolute atomic E-state index is 0.317. The van der Waals surface area contributed by atoms with Crippen molar-refractivity contribution < 1.29 is 13.6 Å². The summed E-state index contributed by atoms with van der Waals surface area (Å²) in [5, 5.41) is 0. The SMILES string of the molecule is CN(C(=O)c1cccc(F)c1F)c1ccccn1. The quantitative estimate of drug-likeness (QED) is 0.818. The van der Waals surface area contributed by atoms with Crippen LogP contribution in [0.15, 0.2) is 42.6 Å². The van der Waals surface area contributed by atoms with Gasteiger partial charge in [-0.25, -0.2) is 13.8 Å². The monoisotopic (exact) mass is 248 g/mol. The van der Waals surface area contributed by atoms with E-state index >= 15 is 0 Å². The van der Waals surface area contributed by atoms with Gasteiger partial charge in [0.2, 0.25) is 0 Å². The van der Waals surface area contributed by atoms with Crippen LogP contribution < -0.4 is 4.90 Å². The second-order valence-electron chi connectivity index (χ2n) is 3.65. The number of hydrogen-bond donors (Lipinski definition) is 0. The van der Waals surface area contributed by atoms with Gasteiger partial charge < -0.3 is 0 Å². The molecule has 1 aromatic heterocycles. The van der Waals surface area contributed by atoms with Crippen LogP contribution in [0.2, 0.25) is 0 Å². The molecule has 0 bridgehead atoms. The lowest BCUT2D eigenvalue weighted by Crippen LogP contribution is -2.28. The van der Waals surface area contributed by atoms with Gasteiger partial charge in [0, 0.05) is 13.2 Å². The fourth-order valence-corrected chi connectivity index (χ4v) is 1.51. The number of pyridine rings is 1. The van der Waals surface area contributed by atoms with Crippen LogP contribution in [0.4, 0.5) is 14.6 Å². The van der Waals surface area contributed by atoms with E-state index < -0.39 is 17.5 Å². The van der Waals surface area contributed by atoms with Crippen molar-refractivity contribution in [3.8, 4) is 0 Å². The number of nitrogens with zero attached hydrogens (tertiary/aromatic N) is 2. The van der Waals surface area contributed by atoms with E-state index in [1.807, 2.05) is 0 Å². The van der Waals surface area contributed by atoms with E-state index in [0.717, 1.165) is 11.0 Å². The predicted octanol–water partition coefficient (Wildman–Crippen LogP) is 2.64. The number of halogens is 2. The summed E-state index contributed by atoms with van der Waals surface area (Å²) in [7, 11) is 1.45. The number of rotatable bonds is 2. The molecule has 1 amide bonds. The Balaban J connectivity index is 2.35. The van der Waals surface area contributed by atoms with Crippen LogP contribution in [0, 0.1) is 11.6 Å². The molecule has 3 nitrogen and oxygen atoms in total. The Morgan fingerprint density at radius 1 is 1.17 bits per heavy atom. The Morgan fingerprint density at radius 3 is 2.61 bits per heavy atom. The van der Waals surface area contributed by atoms with Crippen LogP contribution in [0.3, 0.4) is 0 Å². The first-order chi connectivity index (χ1) is 8.61. The summed E-state index contributed by atoms with van der Waals surface area (Å²) >= 11 is 0. The topological polar surface area (TPSA) is 33.2 Å². The minimum atomic E-state index is -1.15. The summed E-state index contributed by atoms with van der Waals surface area (Å²) in [4.78, 5) is 17.1. The van der Waals surface area contributed by atoms with Gasteiger partial charge in [-0.2, -0.15) is 0 Å². The fraction of sp³-hybridized carbons (Fsp3) is 0.0769. The highest BCUT2D eigenvalue weighted by molar-refractivity contribution is 6.05. The Kier molecular flexibility index (Phi) is 3.32. The lowest BCUT2D eigenvalue weighted by molar-refractivity contribution is 0.0987. The van der Waals surface area contributed by atoms with Crippen LogP contribution in [0.5, 0.6) is 0 Å². The number of carbonyl (C=O) groups excluding carboxylic acids is 1. The Labute approximate surface area is 103 Å². The number of benzene rings is 1. The molecular formula is C13H10F2N2O. The summed E-state index contributed by atoms with van der Waals surface area (Å²) in [6, 6.07) is 8.50. The van der Waals surface area contributed by atoms with Crippen molar-refractivity contribution in [2.24, 2.45) is 0 Å². The van der Waals surface area contributed by atoms with Crippen molar-refractivity contribution in [1.29, 1.82) is 0 Å². The van der Waals surface area contributed by atoms with E-state index in [-0.39, 0.29) is 5.56 Å². The van der Waals surface area contributed by atoms with E-state index in [1.165, 1.54) is 25.4 Å². The Morgan fingerprint density at radius 2 is 1.94 bits per heavy atom. The van der Waals surface area contributed by atoms with E-state index in [4.69, 9.17) is 0 Å². The number of anilines is 1. The first-order valence-corrected chi connectivity index (χ1v) is 5.24. The van der Waals surface area contributed by atoms with E-state index in [0.29, 0.717) is 5.82 Å². The molecule has 0 aliphatic rings. The predicted molar refractivity (Wildman–Crippen MR) is 63.3 cm³/mol. The van der Waals surface area contributed by atoms with Gasteiger partial charge in [0.25, 0.3) is 5.91 Å². The molecule has 0 unspecified atom stereocenters. The van der Waals surface area contributed by atoms with E-state index in [9.17, 15) is 13.6 Å². The molecule has 0 atom stereocenters. The molecule has 92 valence electrons. The van der Waals surface area contributed by atoms with Crippen LogP contribution in [0.25, 0.3) is 0 Å². The highest BCUT2D eigenvalue weighted by atomic mass is 19.2. The molecule has 0 aliphatic heterocycles. The van der Waals surface area contributed by atoms with Gasteiger partial charge in [0.1, 0.15) is 5.82 Å². The third-order valence-electron chi connectivity index (χ3n) is 2.48. The molecule has 2 rings (SSSR count). The second kappa shape index (κ2) is 4.91. The average Bonchev–Trinajstić information content (AvgIpc) is 2.41. The molecule has 0 saturated carbocycles. The molecule has 0 aliphatic carbocycles. The molecule has 18 heavy (non-hydrogen) atoms. The van der Waals surface area contributed by atoms with Gasteiger partial charge in [-0.15, -0.1) is 0 Å². The molecule has 5 heteroatoms. The molecule has 0 N–H and O–H groups in total. The largest absolute Gasteiger partial charge is 0.296 e. The summed E-state index contributed by atoms with van der Waals surface area (Å²) in [6.45, 7) is 0. The molecule has 2 aromatic rings. The van der Waals surface area contributed by atoms with Crippen molar-refractivity contribution >= 4 is 11.7 Å². The van der Waals surface area contributed by atoms with Crippen LogP contribution in [0.1, 0.15) is 10.4 Å². The van der Waals surface area contributed by atoms with Crippen molar-refractivity contribution in [3.63, 3.8) is 0 Å². The van der Waals surface area contributed by atoms with Crippen molar-refractivity contribution in [1.82, 2.24) is 4.98 Å². The smallest absolute Gasteiger partial charge is 0.262 e. The highest BCUT2D eigenvalue weighted by Crippen LogP contribution is 2.16. The Hall–Kier alpha value is -2.30. The van der Waals surface area contributed by atoms with E-state index in [2.05, 4.69) is 4.98 Å². The van der Waals surface area contributed by atoms with Gasteiger partial charge in [-0.1, -0.05) is 12.1 Å². The summed E-state index contributed by atoms with van der Waals surface area (Å²) in [6.07, 6.45) is 1.51. The molecule has 1 aromatic carbocycles. The van der Waals surface area contributed by atoms with Crippen molar-refractivity contribution in [2.45, 2.75) is 0 Å². The molecule has 1 heterocycles. The van der Waals surface area contributed by atoms with Gasteiger partial charge in [0.15, 0.2) is 11.6 Å². The average molecular weight is 248 g/mol. The first kappa shape index (κ1) is 12.2. The highest BCUT2D eigenvalue weighted by Gasteiger charge is 2.19. The number of amides is 1. The zero-order chi connectivity index (χ0) is 13.1. The summed E-state index contributed by atoms with van der Waals surface area (Å²) in [5.74, 6) is -2.47. The molecular weight excluding hydrogens is 238 g/mol. The molecule has 0 saturated heterocycles. The molecule has 0 radical (unpaired) electrons. The normalized spacial score (nSPS) is 10.2. The van der Waals surface area contributed by atoms with Gasteiger partial charge >= 0.3 is 0 Å². The fourth-order valence-electron chi connectivity index (χ4n) is 1.51. The van der Waals surface area contributed by atoms with Crippen LogP contribution >= 0.6 is 0 Å². The third-order valence-corrected chi connectivity index (χ3v) is 2.48. The third kappa shape index (κ3) is 2.20. The van der Waals surface area contributed by atoms with Crippen LogP contribution in [-0.4, -0.2) is 17.9 Å². The van der Waals surface area contributed by atoms with Gasteiger partial charge in [0.05, 0.1) is 5.56 Å². The van der Waals surface area contributed by atoms with Gasteiger partial charge in [-0.05, 0) is 24.3 Å². The first-order valence-electron chi connectivity index (χ1n) is 5.24. The summed E-state index contributed by atoms with van der Waals surface area (Å²) < 4.78 is 26.5. The summed E-state index contributed by atoms with van der Waals surface area (Å²) in [5.41, 5.74) is -0.317. The Bertz CT molecular complexity index is 572. The number of hydrogen-bond acceptors (Lipinski definition) is 2.